The van der Waals surface area contributed by atoms with Gasteiger partial charge in [0.25, 0.3) is 0 Å². The Bertz CT molecular complexity index is 614. The average Bonchev–Trinajstić information content (AvgIpc) is 2.66. The number of hydrogen-bond donors (Lipinski definition) is 2. The minimum absolute atomic E-state index is 0.0277. The van der Waals surface area contributed by atoms with E-state index in [0.29, 0.717) is 6.54 Å². The number of benzene rings is 1. The van der Waals surface area contributed by atoms with Crippen LogP contribution in [0.3, 0.4) is 0 Å². The topological polar surface area (TPSA) is 61.4 Å². The summed E-state index contributed by atoms with van der Waals surface area (Å²) < 4.78 is 0. The first-order chi connectivity index (χ1) is 12.6. The number of amides is 3. The van der Waals surface area contributed by atoms with Gasteiger partial charge in [0, 0.05) is 25.7 Å². The van der Waals surface area contributed by atoms with Crippen molar-refractivity contribution >= 4 is 11.9 Å². The monoisotopic (exact) mass is 357 g/mol. The van der Waals surface area contributed by atoms with Crippen LogP contribution in [0.4, 0.5) is 4.79 Å². The normalized spacial score (nSPS) is 24.3. The summed E-state index contributed by atoms with van der Waals surface area (Å²) in [5.41, 5.74) is 2.31. The number of rotatable bonds is 2. The smallest absolute Gasteiger partial charge is 0.317 e. The van der Waals surface area contributed by atoms with E-state index in [1.807, 2.05) is 4.90 Å². The van der Waals surface area contributed by atoms with E-state index >= 15 is 0 Å². The number of nitrogens with zero attached hydrogens (tertiary/aromatic N) is 1. The summed E-state index contributed by atoms with van der Waals surface area (Å²) in [4.78, 5) is 27.5. The Morgan fingerprint density at radius 3 is 2.69 bits per heavy atom. The first-order valence-corrected chi connectivity index (χ1v) is 10.0. The van der Waals surface area contributed by atoms with Crippen molar-refractivity contribution in [1.29, 1.82) is 0 Å². The molecule has 2 atom stereocenters. The molecule has 1 aliphatic carbocycles. The quantitative estimate of drug-likeness (QED) is 0.852. The minimum atomic E-state index is -0.0630. The van der Waals surface area contributed by atoms with E-state index in [1.54, 1.807) is 0 Å². The Hall–Kier alpha value is -2.04. The van der Waals surface area contributed by atoms with Crippen LogP contribution in [0.25, 0.3) is 0 Å². The Balaban J connectivity index is 1.69. The molecule has 1 heterocycles. The molecule has 0 radical (unpaired) electrons. The van der Waals surface area contributed by atoms with E-state index in [1.165, 1.54) is 5.56 Å². The van der Waals surface area contributed by atoms with Gasteiger partial charge in [0.2, 0.25) is 5.91 Å². The molecule has 1 saturated heterocycles. The molecule has 3 amide bonds. The predicted molar refractivity (Wildman–Crippen MR) is 103 cm³/mol. The van der Waals surface area contributed by atoms with Crippen molar-refractivity contribution in [2.75, 3.05) is 13.1 Å². The molecule has 1 aromatic carbocycles. The van der Waals surface area contributed by atoms with E-state index in [4.69, 9.17) is 0 Å². The fourth-order valence-corrected chi connectivity index (χ4v) is 4.12. The third-order valence-corrected chi connectivity index (χ3v) is 5.67. The number of fused-ring (bicyclic) bond motifs is 1. The van der Waals surface area contributed by atoms with Gasteiger partial charge in [-0.1, -0.05) is 42.7 Å². The molecule has 1 saturated carbocycles. The molecule has 2 aliphatic rings. The van der Waals surface area contributed by atoms with E-state index in [2.05, 4.69) is 41.8 Å². The van der Waals surface area contributed by atoms with Crippen LogP contribution < -0.4 is 10.6 Å². The van der Waals surface area contributed by atoms with E-state index in [-0.39, 0.29) is 23.9 Å². The molecule has 142 valence electrons. The lowest BCUT2D eigenvalue weighted by Crippen LogP contribution is -2.54. The summed E-state index contributed by atoms with van der Waals surface area (Å²) >= 11 is 0. The number of carbonyl (C=O) groups is 2. The van der Waals surface area contributed by atoms with Gasteiger partial charge in [-0.25, -0.2) is 4.79 Å². The van der Waals surface area contributed by atoms with Crippen molar-refractivity contribution in [2.24, 2.45) is 5.92 Å². The van der Waals surface area contributed by atoms with Crippen LogP contribution in [0, 0.1) is 12.8 Å². The van der Waals surface area contributed by atoms with Crippen LogP contribution in [0.1, 0.15) is 56.1 Å². The number of nitrogens with one attached hydrogen (secondary N) is 2. The summed E-state index contributed by atoms with van der Waals surface area (Å²) in [7, 11) is 0. The fourth-order valence-electron chi connectivity index (χ4n) is 4.12. The molecular weight excluding hydrogens is 326 g/mol. The zero-order valence-corrected chi connectivity index (χ0v) is 15.8. The molecule has 0 unspecified atom stereocenters. The standard InChI is InChI=1S/C21H31N3O2/c1-16-9-11-17(12-10-16)15-23-21(26)24-14-6-2-5-13-22-20(25)18-7-3-4-8-19(18)24/h9-12,18-19H,2-8,13-15H2,1H3,(H,22,25)(H,23,26)/t18-,19+/m1/s1. The zero-order chi connectivity index (χ0) is 18.4. The Morgan fingerprint density at radius 2 is 1.88 bits per heavy atom. The number of hydrogen-bond acceptors (Lipinski definition) is 2. The molecule has 0 spiro atoms. The van der Waals surface area contributed by atoms with Crippen molar-refractivity contribution < 1.29 is 9.59 Å². The highest BCUT2D eigenvalue weighted by Crippen LogP contribution is 2.29. The maximum absolute atomic E-state index is 12.9. The van der Waals surface area contributed by atoms with Crippen LogP contribution in [-0.4, -0.2) is 36.0 Å². The first kappa shape index (κ1) is 18.7. The van der Waals surface area contributed by atoms with Gasteiger partial charge >= 0.3 is 6.03 Å². The van der Waals surface area contributed by atoms with Crippen molar-refractivity contribution in [3.8, 4) is 0 Å². The lowest BCUT2D eigenvalue weighted by atomic mass is 9.82. The van der Waals surface area contributed by atoms with Crippen LogP contribution in [-0.2, 0) is 11.3 Å². The first-order valence-electron chi connectivity index (χ1n) is 10.0. The average molecular weight is 357 g/mol. The van der Waals surface area contributed by atoms with Crippen molar-refractivity contribution in [3.05, 3.63) is 35.4 Å². The van der Waals surface area contributed by atoms with Crippen molar-refractivity contribution in [2.45, 2.75) is 64.5 Å². The highest BCUT2D eigenvalue weighted by Gasteiger charge is 2.37. The third kappa shape index (κ3) is 4.77. The lowest BCUT2D eigenvalue weighted by Gasteiger charge is -2.40. The minimum Gasteiger partial charge on any atom is -0.356 e. The number of urea groups is 1. The highest BCUT2D eigenvalue weighted by atomic mass is 16.2. The molecule has 1 aliphatic heterocycles. The molecule has 1 aromatic rings. The number of carbonyl (C=O) groups excluding carboxylic acids is 2. The molecular formula is C21H31N3O2. The van der Waals surface area contributed by atoms with Crippen LogP contribution in [0.2, 0.25) is 0 Å². The molecule has 0 bridgehead atoms. The van der Waals surface area contributed by atoms with E-state index < -0.39 is 0 Å². The van der Waals surface area contributed by atoms with Gasteiger partial charge < -0.3 is 15.5 Å². The van der Waals surface area contributed by atoms with Gasteiger partial charge in [0.1, 0.15) is 0 Å². The summed E-state index contributed by atoms with van der Waals surface area (Å²) in [6.45, 7) is 4.09. The van der Waals surface area contributed by atoms with Gasteiger partial charge in [0.05, 0.1) is 5.92 Å². The van der Waals surface area contributed by atoms with Crippen molar-refractivity contribution in [3.63, 3.8) is 0 Å². The van der Waals surface area contributed by atoms with Gasteiger partial charge in [-0.3, -0.25) is 4.79 Å². The van der Waals surface area contributed by atoms with E-state index in [0.717, 1.165) is 63.6 Å². The molecule has 2 fully saturated rings. The van der Waals surface area contributed by atoms with Gasteiger partial charge in [0.15, 0.2) is 0 Å². The number of aryl methyl sites for hydroxylation is 1. The van der Waals surface area contributed by atoms with E-state index in [9.17, 15) is 9.59 Å². The van der Waals surface area contributed by atoms with Crippen LogP contribution in [0.5, 0.6) is 0 Å². The summed E-state index contributed by atoms with van der Waals surface area (Å²) in [5.74, 6) is 0.0694. The van der Waals surface area contributed by atoms with Gasteiger partial charge in [-0.15, -0.1) is 0 Å². The molecule has 0 aromatic heterocycles. The summed E-state index contributed by atoms with van der Waals surface area (Å²) in [5, 5.41) is 6.15. The molecule has 3 rings (SSSR count). The van der Waals surface area contributed by atoms with Gasteiger partial charge in [-0.2, -0.15) is 0 Å². The van der Waals surface area contributed by atoms with Crippen LogP contribution >= 0.6 is 0 Å². The van der Waals surface area contributed by atoms with Gasteiger partial charge in [-0.05, 0) is 44.6 Å². The zero-order valence-electron chi connectivity index (χ0n) is 15.8. The summed E-state index contributed by atoms with van der Waals surface area (Å²) in [6.07, 6.45) is 7.01. The Morgan fingerprint density at radius 1 is 1.12 bits per heavy atom. The lowest BCUT2D eigenvalue weighted by molar-refractivity contribution is -0.128. The highest BCUT2D eigenvalue weighted by molar-refractivity contribution is 5.81. The van der Waals surface area contributed by atoms with Crippen LogP contribution in [0.15, 0.2) is 24.3 Å². The Labute approximate surface area is 156 Å². The van der Waals surface area contributed by atoms with Crippen molar-refractivity contribution in [1.82, 2.24) is 15.5 Å². The largest absolute Gasteiger partial charge is 0.356 e. The predicted octanol–water partition coefficient (Wildman–Crippen LogP) is 3.37. The molecule has 5 nitrogen and oxygen atoms in total. The second-order valence-electron chi connectivity index (χ2n) is 7.65. The maximum Gasteiger partial charge on any atom is 0.317 e. The second-order valence-corrected chi connectivity index (χ2v) is 7.65. The maximum atomic E-state index is 12.9. The molecule has 2 N–H and O–H groups in total. The fraction of sp³-hybridized carbons (Fsp3) is 0.619. The third-order valence-electron chi connectivity index (χ3n) is 5.67. The molecule has 26 heavy (non-hydrogen) atoms. The summed E-state index contributed by atoms with van der Waals surface area (Å²) in [6, 6.07) is 8.22. The Kier molecular flexibility index (Phi) is 6.53. The molecule has 5 heteroatoms. The second kappa shape index (κ2) is 9.06. The SMILES string of the molecule is Cc1ccc(CNC(=O)N2CCCCCNC(=O)[C@@H]3CCCC[C@@H]32)cc1.